The Hall–Kier alpha value is -3.35. The molecular formula is C28H28N2O3S. The Balaban J connectivity index is 1.55. The van der Waals surface area contributed by atoms with E-state index < -0.39 is 0 Å². The van der Waals surface area contributed by atoms with Crippen LogP contribution in [0.5, 0.6) is 0 Å². The molecule has 6 heteroatoms. The number of nitrogens with zero attached hydrogens (tertiary/aromatic N) is 1. The van der Waals surface area contributed by atoms with Crippen molar-refractivity contribution < 1.29 is 14.3 Å². The van der Waals surface area contributed by atoms with E-state index >= 15 is 0 Å². The molecule has 1 heterocycles. The molecule has 3 aromatic rings. The lowest BCUT2D eigenvalue weighted by Gasteiger charge is -2.31. The summed E-state index contributed by atoms with van der Waals surface area (Å²) < 4.78 is 5.00. The first-order valence-electron chi connectivity index (χ1n) is 11.3. The number of ether oxygens (including phenoxy) is 1. The van der Waals surface area contributed by atoms with Crippen molar-refractivity contribution in [2.24, 2.45) is 0 Å². The number of amides is 2. The highest BCUT2D eigenvalue weighted by atomic mass is 32.2. The standard InChI is InChI=1S/C28H28N2O3S/c1-20-8-3-4-9-23(20)19-30-24-10-5-6-11-25(24)34-26(28(30)32)18-21-12-14-22(15-13-21)27(31)29-16-7-17-33-2/h3-6,8-15,18H,7,16-17,19H2,1-2H3,(H,29,31)/b26-18+. The van der Waals surface area contributed by atoms with Gasteiger partial charge in [-0.3, -0.25) is 9.59 Å². The molecule has 0 aliphatic carbocycles. The fourth-order valence-electron chi connectivity index (χ4n) is 3.78. The van der Waals surface area contributed by atoms with Gasteiger partial charge in [-0.2, -0.15) is 0 Å². The van der Waals surface area contributed by atoms with E-state index in [1.807, 2.05) is 59.5 Å². The van der Waals surface area contributed by atoms with Gasteiger partial charge in [-0.05, 0) is 60.4 Å². The number of anilines is 1. The molecule has 1 aliphatic heterocycles. The van der Waals surface area contributed by atoms with Crippen molar-refractivity contribution >= 4 is 35.3 Å². The number of fused-ring (bicyclic) bond motifs is 1. The summed E-state index contributed by atoms with van der Waals surface area (Å²) in [4.78, 5) is 29.4. The number of nitrogens with one attached hydrogen (secondary N) is 1. The molecule has 3 aromatic carbocycles. The maximum atomic E-state index is 13.5. The van der Waals surface area contributed by atoms with Crippen molar-refractivity contribution in [2.75, 3.05) is 25.2 Å². The second-order valence-corrected chi connectivity index (χ2v) is 9.20. The van der Waals surface area contributed by atoms with Crippen LogP contribution in [0.25, 0.3) is 6.08 Å². The quantitative estimate of drug-likeness (QED) is 0.350. The molecule has 2 amide bonds. The van der Waals surface area contributed by atoms with Crippen LogP contribution in [0.3, 0.4) is 0 Å². The molecule has 1 N–H and O–H groups in total. The first-order valence-corrected chi connectivity index (χ1v) is 12.1. The maximum absolute atomic E-state index is 13.5. The Labute approximate surface area is 204 Å². The highest BCUT2D eigenvalue weighted by molar-refractivity contribution is 8.04. The largest absolute Gasteiger partial charge is 0.385 e. The third kappa shape index (κ3) is 5.58. The van der Waals surface area contributed by atoms with E-state index in [4.69, 9.17) is 4.74 Å². The lowest BCUT2D eigenvalue weighted by atomic mass is 10.1. The molecule has 0 fully saturated rings. The van der Waals surface area contributed by atoms with Crippen LogP contribution >= 0.6 is 11.8 Å². The second kappa shape index (κ2) is 11.2. The summed E-state index contributed by atoms with van der Waals surface area (Å²) in [7, 11) is 1.64. The van der Waals surface area contributed by atoms with E-state index in [1.54, 1.807) is 19.2 Å². The lowest BCUT2D eigenvalue weighted by Crippen LogP contribution is -2.33. The van der Waals surface area contributed by atoms with E-state index in [0.717, 1.165) is 33.7 Å². The molecule has 5 nitrogen and oxygen atoms in total. The Kier molecular flexibility index (Phi) is 7.83. The minimum Gasteiger partial charge on any atom is -0.385 e. The number of thioether (sulfide) groups is 1. The summed E-state index contributed by atoms with van der Waals surface area (Å²) in [5, 5.41) is 2.89. The molecular weight excluding hydrogens is 444 g/mol. The molecule has 0 saturated carbocycles. The van der Waals surface area contributed by atoms with Crippen molar-refractivity contribution in [1.82, 2.24) is 5.32 Å². The van der Waals surface area contributed by atoms with Crippen LogP contribution in [0, 0.1) is 6.92 Å². The molecule has 0 spiro atoms. The van der Waals surface area contributed by atoms with Gasteiger partial charge in [0, 0.05) is 30.7 Å². The second-order valence-electron chi connectivity index (χ2n) is 8.12. The zero-order chi connectivity index (χ0) is 23.9. The minimum absolute atomic E-state index is 0.0214. The monoisotopic (exact) mass is 472 g/mol. The van der Waals surface area contributed by atoms with Gasteiger partial charge in [-0.1, -0.05) is 60.3 Å². The predicted molar refractivity (Wildman–Crippen MR) is 138 cm³/mol. The Bertz CT molecular complexity index is 1200. The Morgan fingerprint density at radius 2 is 1.76 bits per heavy atom. The SMILES string of the molecule is COCCCNC(=O)c1ccc(/C=C2/Sc3ccccc3N(Cc3ccccc3C)C2=O)cc1. The third-order valence-corrected chi connectivity index (χ3v) is 6.78. The number of hydrogen-bond acceptors (Lipinski definition) is 4. The number of para-hydroxylation sites is 1. The number of rotatable bonds is 8. The van der Waals surface area contributed by atoms with E-state index in [1.165, 1.54) is 11.8 Å². The average molecular weight is 473 g/mol. The summed E-state index contributed by atoms with van der Waals surface area (Å²) in [6, 6.07) is 23.5. The minimum atomic E-state index is -0.114. The molecule has 0 unspecified atom stereocenters. The van der Waals surface area contributed by atoms with Crippen molar-refractivity contribution in [3.8, 4) is 0 Å². The van der Waals surface area contributed by atoms with E-state index in [-0.39, 0.29) is 11.8 Å². The smallest absolute Gasteiger partial charge is 0.265 e. The topological polar surface area (TPSA) is 58.6 Å². The van der Waals surface area contributed by atoms with Crippen LogP contribution in [0.2, 0.25) is 0 Å². The lowest BCUT2D eigenvalue weighted by molar-refractivity contribution is -0.114. The third-order valence-electron chi connectivity index (χ3n) is 5.70. The molecule has 174 valence electrons. The fourth-order valence-corrected chi connectivity index (χ4v) is 4.84. The van der Waals surface area contributed by atoms with Crippen molar-refractivity contribution in [2.45, 2.75) is 24.8 Å². The molecule has 0 aromatic heterocycles. The van der Waals surface area contributed by atoms with Gasteiger partial charge in [0.1, 0.15) is 0 Å². The molecule has 0 atom stereocenters. The fraction of sp³-hybridized carbons (Fsp3) is 0.214. The van der Waals surface area contributed by atoms with Crippen LogP contribution in [0.15, 0.2) is 82.6 Å². The van der Waals surface area contributed by atoms with Gasteiger partial charge >= 0.3 is 0 Å². The number of carbonyl (C=O) groups is 2. The van der Waals surface area contributed by atoms with Gasteiger partial charge in [0.15, 0.2) is 0 Å². The van der Waals surface area contributed by atoms with Crippen LogP contribution in [-0.2, 0) is 16.1 Å². The normalized spacial score (nSPS) is 14.2. The van der Waals surface area contributed by atoms with Crippen molar-refractivity contribution in [3.63, 3.8) is 0 Å². The zero-order valence-electron chi connectivity index (χ0n) is 19.4. The van der Waals surface area contributed by atoms with Crippen LogP contribution in [0.4, 0.5) is 5.69 Å². The van der Waals surface area contributed by atoms with Crippen molar-refractivity contribution in [3.05, 3.63) is 100.0 Å². The number of hydrogen-bond donors (Lipinski definition) is 1. The van der Waals surface area contributed by atoms with Gasteiger partial charge in [-0.15, -0.1) is 0 Å². The molecule has 0 radical (unpaired) electrons. The number of benzene rings is 3. The summed E-state index contributed by atoms with van der Waals surface area (Å²) in [5.41, 5.74) is 4.68. The highest BCUT2D eigenvalue weighted by Crippen LogP contribution is 2.42. The maximum Gasteiger partial charge on any atom is 0.265 e. The zero-order valence-corrected chi connectivity index (χ0v) is 20.2. The number of carbonyl (C=O) groups excluding carboxylic acids is 2. The molecule has 1 aliphatic rings. The summed E-state index contributed by atoms with van der Waals surface area (Å²) in [6.07, 6.45) is 2.67. The van der Waals surface area contributed by atoms with Crippen LogP contribution in [-0.4, -0.2) is 32.1 Å². The molecule has 4 rings (SSSR count). The molecule has 34 heavy (non-hydrogen) atoms. The van der Waals surface area contributed by atoms with Crippen LogP contribution < -0.4 is 10.2 Å². The summed E-state index contributed by atoms with van der Waals surface area (Å²) in [6.45, 7) is 3.77. The van der Waals surface area contributed by atoms with E-state index in [2.05, 4.69) is 24.4 Å². The van der Waals surface area contributed by atoms with E-state index in [9.17, 15) is 9.59 Å². The van der Waals surface area contributed by atoms with Crippen LogP contribution in [0.1, 0.15) is 33.5 Å². The first kappa shape index (κ1) is 23.8. The Morgan fingerprint density at radius 1 is 1.03 bits per heavy atom. The Morgan fingerprint density at radius 3 is 2.53 bits per heavy atom. The highest BCUT2D eigenvalue weighted by Gasteiger charge is 2.29. The molecule has 0 bridgehead atoms. The summed E-state index contributed by atoms with van der Waals surface area (Å²) >= 11 is 1.48. The van der Waals surface area contributed by atoms with Gasteiger partial charge in [0.05, 0.1) is 17.1 Å². The van der Waals surface area contributed by atoms with Gasteiger partial charge in [0.25, 0.3) is 11.8 Å². The predicted octanol–water partition coefficient (Wildman–Crippen LogP) is 5.44. The summed E-state index contributed by atoms with van der Waals surface area (Å²) in [5.74, 6) is -0.135. The number of aryl methyl sites for hydroxylation is 1. The van der Waals surface area contributed by atoms with Gasteiger partial charge < -0.3 is 15.0 Å². The van der Waals surface area contributed by atoms with Crippen molar-refractivity contribution in [1.29, 1.82) is 0 Å². The van der Waals surface area contributed by atoms with Gasteiger partial charge in [-0.25, -0.2) is 0 Å². The van der Waals surface area contributed by atoms with E-state index in [0.29, 0.717) is 30.2 Å². The number of methoxy groups -OCH3 is 1. The first-order chi connectivity index (χ1) is 16.6. The average Bonchev–Trinajstić information content (AvgIpc) is 2.86. The van der Waals surface area contributed by atoms with Gasteiger partial charge in [0.2, 0.25) is 0 Å². The molecule has 0 saturated heterocycles.